The van der Waals surface area contributed by atoms with E-state index in [-0.39, 0.29) is 13.2 Å². The van der Waals surface area contributed by atoms with Crippen LogP contribution < -0.4 is 0 Å². The molecule has 0 bridgehead atoms. The maximum absolute atomic E-state index is 12.1. The summed E-state index contributed by atoms with van der Waals surface area (Å²) >= 11 is 0. The van der Waals surface area contributed by atoms with E-state index in [0.29, 0.717) is 6.42 Å². The number of hydrogen-bond acceptors (Lipinski definition) is 4. The summed E-state index contributed by atoms with van der Waals surface area (Å²) < 4.78 is 27.4. The lowest BCUT2D eigenvalue weighted by atomic mass is 10.1. The summed E-state index contributed by atoms with van der Waals surface area (Å²) in [5, 5.41) is 0. The highest BCUT2D eigenvalue weighted by Crippen LogP contribution is 2.50. The van der Waals surface area contributed by atoms with Gasteiger partial charge in [-0.25, -0.2) is 4.57 Å². The standard InChI is InChI=1S/C12H23O4P/c1-5-9-10-11-12(6-2)16-17(13,14-7-3)15-8-4/h2,12H,5,7-11H2,1,3-4H3/t12-/m1/s1. The van der Waals surface area contributed by atoms with Crippen molar-refractivity contribution in [3.8, 4) is 12.3 Å². The maximum atomic E-state index is 12.1. The Morgan fingerprint density at radius 1 is 1.18 bits per heavy atom. The Bertz CT molecular complexity index is 262. The number of unbranched alkanes of at least 4 members (excludes halogenated alkanes) is 2. The second kappa shape index (κ2) is 9.67. The van der Waals surface area contributed by atoms with Crippen molar-refractivity contribution in [3.05, 3.63) is 0 Å². The van der Waals surface area contributed by atoms with Gasteiger partial charge >= 0.3 is 7.82 Å². The van der Waals surface area contributed by atoms with Crippen molar-refractivity contribution in [2.45, 2.75) is 52.6 Å². The molecule has 0 aliphatic heterocycles. The molecule has 0 rings (SSSR count). The summed E-state index contributed by atoms with van der Waals surface area (Å²) in [5.74, 6) is 2.48. The average Bonchev–Trinajstić information content (AvgIpc) is 2.28. The Morgan fingerprint density at radius 3 is 2.18 bits per heavy atom. The topological polar surface area (TPSA) is 44.8 Å². The summed E-state index contributed by atoms with van der Waals surface area (Å²) in [6.07, 6.45) is 8.64. The molecule has 0 amide bonds. The van der Waals surface area contributed by atoms with E-state index in [1.54, 1.807) is 13.8 Å². The molecule has 17 heavy (non-hydrogen) atoms. The van der Waals surface area contributed by atoms with Crippen molar-refractivity contribution in [2.75, 3.05) is 13.2 Å². The molecule has 100 valence electrons. The summed E-state index contributed by atoms with van der Waals surface area (Å²) in [4.78, 5) is 0. The van der Waals surface area contributed by atoms with Gasteiger partial charge in [0, 0.05) is 0 Å². The highest BCUT2D eigenvalue weighted by atomic mass is 31.2. The van der Waals surface area contributed by atoms with Crippen LogP contribution in [-0.4, -0.2) is 19.3 Å². The molecule has 0 aromatic carbocycles. The minimum absolute atomic E-state index is 0.267. The normalized spacial score (nSPS) is 13.3. The van der Waals surface area contributed by atoms with E-state index in [1.165, 1.54) is 0 Å². The number of hydrogen-bond donors (Lipinski definition) is 0. The molecule has 1 atom stereocenters. The van der Waals surface area contributed by atoms with Gasteiger partial charge in [0.25, 0.3) is 0 Å². The van der Waals surface area contributed by atoms with E-state index in [2.05, 4.69) is 12.8 Å². The fourth-order valence-corrected chi connectivity index (χ4v) is 2.62. The van der Waals surface area contributed by atoms with Crippen LogP contribution in [0.3, 0.4) is 0 Å². The third-order valence-corrected chi connectivity index (χ3v) is 3.75. The zero-order chi connectivity index (χ0) is 13.1. The van der Waals surface area contributed by atoms with Gasteiger partial charge in [0.1, 0.15) is 6.10 Å². The highest BCUT2D eigenvalue weighted by Gasteiger charge is 2.28. The van der Waals surface area contributed by atoms with Crippen molar-refractivity contribution >= 4 is 7.82 Å². The van der Waals surface area contributed by atoms with E-state index in [1.807, 2.05) is 0 Å². The zero-order valence-electron chi connectivity index (χ0n) is 11.0. The molecule has 0 saturated heterocycles. The monoisotopic (exact) mass is 262 g/mol. The largest absolute Gasteiger partial charge is 0.475 e. The Labute approximate surface area is 105 Å². The highest BCUT2D eigenvalue weighted by molar-refractivity contribution is 7.48. The quantitative estimate of drug-likeness (QED) is 0.341. The third kappa shape index (κ3) is 7.57. The van der Waals surface area contributed by atoms with Gasteiger partial charge in [-0.05, 0) is 26.7 Å². The summed E-state index contributed by atoms with van der Waals surface area (Å²) in [5.41, 5.74) is 0. The number of terminal acetylenes is 1. The molecular formula is C12H23O4P. The van der Waals surface area contributed by atoms with E-state index in [9.17, 15) is 4.57 Å². The van der Waals surface area contributed by atoms with Crippen LogP contribution in [0, 0.1) is 12.3 Å². The molecular weight excluding hydrogens is 239 g/mol. The van der Waals surface area contributed by atoms with Crippen LogP contribution in [0.4, 0.5) is 0 Å². The molecule has 0 spiro atoms. The molecule has 0 aliphatic rings. The molecule has 4 nitrogen and oxygen atoms in total. The van der Waals surface area contributed by atoms with Gasteiger partial charge in [-0.1, -0.05) is 25.7 Å². The molecule has 0 aromatic heterocycles. The lowest BCUT2D eigenvalue weighted by Gasteiger charge is -2.20. The fourth-order valence-electron chi connectivity index (χ4n) is 1.32. The Morgan fingerprint density at radius 2 is 1.76 bits per heavy atom. The third-order valence-electron chi connectivity index (χ3n) is 2.09. The minimum Gasteiger partial charge on any atom is -0.287 e. The Kier molecular flexibility index (Phi) is 9.49. The van der Waals surface area contributed by atoms with Gasteiger partial charge in [-0.2, -0.15) is 0 Å². The van der Waals surface area contributed by atoms with Crippen LogP contribution in [0.2, 0.25) is 0 Å². The van der Waals surface area contributed by atoms with Crippen molar-refractivity contribution in [3.63, 3.8) is 0 Å². The Balaban J connectivity index is 4.29. The average molecular weight is 262 g/mol. The second-order valence-corrected chi connectivity index (χ2v) is 5.16. The minimum atomic E-state index is -3.48. The van der Waals surface area contributed by atoms with Crippen LogP contribution in [-0.2, 0) is 18.1 Å². The molecule has 0 N–H and O–H groups in total. The van der Waals surface area contributed by atoms with E-state index < -0.39 is 13.9 Å². The SMILES string of the molecule is C#C[C@H](CCCCC)OP(=O)(OCC)OCC. The van der Waals surface area contributed by atoms with E-state index in [0.717, 1.165) is 19.3 Å². The second-order valence-electron chi connectivity index (χ2n) is 3.54. The summed E-state index contributed by atoms with van der Waals surface area (Å²) in [6.45, 7) is 6.11. The molecule has 0 fully saturated rings. The summed E-state index contributed by atoms with van der Waals surface area (Å²) in [7, 11) is -3.48. The molecule has 0 unspecified atom stereocenters. The maximum Gasteiger partial charge on any atom is 0.475 e. The predicted molar refractivity (Wildman–Crippen MR) is 68.7 cm³/mol. The van der Waals surface area contributed by atoms with Crippen LogP contribution in [0.15, 0.2) is 0 Å². The van der Waals surface area contributed by atoms with E-state index in [4.69, 9.17) is 20.0 Å². The molecule has 0 heterocycles. The summed E-state index contributed by atoms with van der Waals surface area (Å²) in [6, 6.07) is 0. The van der Waals surface area contributed by atoms with Gasteiger partial charge < -0.3 is 0 Å². The van der Waals surface area contributed by atoms with Crippen molar-refractivity contribution in [2.24, 2.45) is 0 Å². The first-order valence-corrected chi connectivity index (χ1v) is 7.61. The smallest absolute Gasteiger partial charge is 0.287 e. The lowest BCUT2D eigenvalue weighted by molar-refractivity contribution is 0.0999. The van der Waals surface area contributed by atoms with Crippen LogP contribution >= 0.6 is 7.82 Å². The molecule has 0 radical (unpaired) electrons. The van der Waals surface area contributed by atoms with Crippen LogP contribution in [0.5, 0.6) is 0 Å². The first-order valence-electron chi connectivity index (χ1n) is 6.15. The zero-order valence-corrected chi connectivity index (χ0v) is 11.9. The van der Waals surface area contributed by atoms with Crippen molar-refractivity contribution in [1.82, 2.24) is 0 Å². The van der Waals surface area contributed by atoms with E-state index >= 15 is 0 Å². The number of phosphoric acid groups is 1. The van der Waals surface area contributed by atoms with Gasteiger partial charge in [0.15, 0.2) is 0 Å². The van der Waals surface area contributed by atoms with Crippen molar-refractivity contribution < 1.29 is 18.1 Å². The number of phosphoric ester groups is 1. The molecule has 5 heteroatoms. The van der Waals surface area contributed by atoms with Crippen LogP contribution in [0.25, 0.3) is 0 Å². The fraction of sp³-hybridized carbons (Fsp3) is 0.833. The van der Waals surface area contributed by atoms with Crippen molar-refractivity contribution in [1.29, 1.82) is 0 Å². The first-order chi connectivity index (χ1) is 8.11. The molecule has 0 aromatic rings. The molecule has 0 saturated carbocycles. The number of rotatable bonds is 10. The lowest BCUT2D eigenvalue weighted by Crippen LogP contribution is -2.11. The first kappa shape index (κ1) is 16.7. The predicted octanol–water partition coefficient (Wildman–Crippen LogP) is 3.77. The van der Waals surface area contributed by atoms with Gasteiger partial charge in [-0.3, -0.25) is 13.6 Å². The van der Waals surface area contributed by atoms with Gasteiger partial charge in [-0.15, -0.1) is 6.42 Å². The van der Waals surface area contributed by atoms with Crippen LogP contribution in [0.1, 0.15) is 46.5 Å². The Hall–Kier alpha value is -0.330. The molecule has 0 aliphatic carbocycles. The van der Waals surface area contributed by atoms with Gasteiger partial charge in [0.05, 0.1) is 13.2 Å². The van der Waals surface area contributed by atoms with Gasteiger partial charge in [0.2, 0.25) is 0 Å².